The number of imidazole rings is 1. The van der Waals surface area contributed by atoms with Gasteiger partial charge in [-0.1, -0.05) is 32.0 Å². The summed E-state index contributed by atoms with van der Waals surface area (Å²) in [5.41, 5.74) is 2.61. The standard InChI is InChI=1S/C24H24N4O5/c1-4-32-18-11-15(14-6-5-7-16(10-14)33-20(13(2)3)24(30)31)8-9-17(18)21-27-22-19(23(29)28-21)25-12-26-22/h5-13,20H,4H2,1-3H3,(H,30,31)(H2,25,26,27,28,29). The molecule has 9 heteroatoms. The van der Waals surface area contributed by atoms with Crippen molar-refractivity contribution in [1.29, 1.82) is 0 Å². The van der Waals surface area contributed by atoms with Crippen LogP contribution in [0.25, 0.3) is 33.7 Å². The third-order valence-corrected chi connectivity index (χ3v) is 5.11. The van der Waals surface area contributed by atoms with Crippen molar-refractivity contribution in [2.45, 2.75) is 26.9 Å². The number of nitrogens with one attached hydrogen (secondary N) is 2. The number of ether oxygens (including phenoxy) is 2. The van der Waals surface area contributed by atoms with Crippen molar-refractivity contribution in [3.05, 3.63) is 59.1 Å². The van der Waals surface area contributed by atoms with Crippen molar-refractivity contribution in [3.8, 4) is 34.0 Å². The van der Waals surface area contributed by atoms with Crippen LogP contribution in [0, 0.1) is 5.92 Å². The number of hydrogen-bond acceptors (Lipinski definition) is 6. The van der Waals surface area contributed by atoms with Crippen LogP contribution in [0.15, 0.2) is 53.6 Å². The molecule has 0 radical (unpaired) electrons. The maximum absolute atomic E-state index is 12.3. The van der Waals surface area contributed by atoms with E-state index in [1.807, 2.05) is 37.3 Å². The van der Waals surface area contributed by atoms with Crippen molar-refractivity contribution in [3.63, 3.8) is 0 Å². The fraction of sp³-hybridized carbons (Fsp3) is 0.250. The molecule has 3 N–H and O–H groups in total. The molecule has 0 bridgehead atoms. The second-order valence-electron chi connectivity index (χ2n) is 7.81. The number of nitrogens with zero attached hydrogens (tertiary/aromatic N) is 2. The largest absolute Gasteiger partial charge is 0.493 e. The average Bonchev–Trinajstić information content (AvgIpc) is 3.27. The Morgan fingerprint density at radius 1 is 1.15 bits per heavy atom. The predicted molar refractivity (Wildman–Crippen MR) is 123 cm³/mol. The van der Waals surface area contributed by atoms with E-state index < -0.39 is 12.1 Å². The highest BCUT2D eigenvalue weighted by molar-refractivity contribution is 5.77. The number of aromatic amines is 2. The minimum absolute atomic E-state index is 0.184. The van der Waals surface area contributed by atoms with Crippen molar-refractivity contribution in [2.75, 3.05) is 6.61 Å². The fourth-order valence-electron chi connectivity index (χ4n) is 3.51. The quantitative estimate of drug-likeness (QED) is 0.373. The summed E-state index contributed by atoms with van der Waals surface area (Å²) in [6.07, 6.45) is 0.480. The number of rotatable bonds is 8. The molecule has 170 valence electrons. The third kappa shape index (κ3) is 4.57. The number of fused-ring (bicyclic) bond motifs is 1. The molecule has 1 unspecified atom stereocenters. The van der Waals surface area contributed by atoms with E-state index in [1.165, 1.54) is 6.33 Å². The normalized spacial score (nSPS) is 12.1. The SMILES string of the molecule is CCOc1cc(-c2cccc(OC(C(=O)O)C(C)C)c2)ccc1-c1nc2nc[nH]c2c(=O)[nH]1. The van der Waals surface area contributed by atoms with E-state index in [0.29, 0.717) is 40.7 Å². The predicted octanol–water partition coefficient (Wildman–Crippen LogP) is 3.87. The van der Waals surface area contributed by atoms with Gasteiger partial charge in [0, 0.05) is 5.92 Å². The van der Waals surface area contributed by atoms with Gasteiger partial charge in [0.05, 0.1) is 18.5 Å². The second kappa shape index (κ2) is 9.15. The number of carbonyl (C=O) groups is 1. The van der Waals surface area contributed by atoms with Crippen molar-refractivity contribution >= 4 is 17.1 Å². The molecule has 0 fully saturated rings. The molecule has 0 saturated carbocycles. The topological polar surface area (TPSA) is 130 Å². The summed E-state index contributed by atoms with van der Waals surface area (Å²) in [6.45, 7) is 5.89. The van der Waals surface area contributed by atoms with Gasteiger partial charge in [-0.05, 0) is 42.3 Å². The fourth-order valence-corrected chi connectivity index (χ4v) is 3.51. The van der Waals surface area contributed by atoms with E-state index in [1.54, 1.807) is 26.0 Å². The Balaban J connectivity index is 1.72. The molecule has 1 atom stereocenters. The van der Waals surface area contributed by atoms with Crippen LogP contribution >= 0.6 is 0 Å². The Hall–Kier alpha value is -4.14. The number of hydrogen-bond donors (Lipinski definition) is 3. The van der Waals surface area contributed by atoms with Crippen LogP contribution in [0.5, 0.6) is 11.5 Å². The highest BCUT2D eigenvalue weighted by Crippen LogP contribution is 2.34. The van der Waals surface area contributed by atoms with Gasteiger partial charge >= 0.3 is 5.97 Å². The number of benzene rings is 2. The monoisotopic (exact) mass is 448 g/mol. The molecular formula is C24H24N4O5. The van der Waals surface area contributed by atoms with Gasteiger partial charge in [0.15, 0.2) is 17.3 Å². The molecule has 0 amide bonds. The van der Waals surface area contributed by atoms with E-state index in [0.717, 1.165) is 11.1 Å². The lowest BCUT2D eigenvalue weighted by Crippen LogP contribution is -2.32. The average molecular weight is 448 g/mol. The van der Waals surface area contributed by atoms with Crippen LogP contribution in [0.1, 0.15) is 20.8 Å². The lowest BCUT2D eigenvalue weighted by molar-refractivity contribution is -0.147. The molecular weight excluding hydrogens is 424 g/mol. The first-order chi connectivity index (χ1) is 15.9. The lowest BCUT2D eigenvalue weighted by atomic mass is 10.0. The third-order valence-electron chi connectivity index (χ3n) is 5.11. The molecule has 9 nitrogen and oxygen atoms in total. The summed E-state index contributed by atoms with van der Waals surface area (Å²) >= 11 is 0. The molecule has 0 aliphatic heterocycles. The zero-order valence-electron chi connectivity index (χ0n) is 18.5. The number of aliphatic carboxylic acids is 1. The van der Waals surface area contributed by atoms with Gasteiger partial charge in [-0.15, -0.1) is 0 Å². The summed E-state index contributed by atoms with van der Waals surface area (Å²) in [5, 5.41) is 9.42. The molecule has 2 heterocycles. The van der Waals surface area contributed by atoms with Gasteiger partial charge in [0.1, 0.15) is 17.3 Å². The van der Waals surface area contributed by atoms with Crippen LogP contribution in [0.3, 0.4) is 0 Å². The van der Waals surface area contributed by atoms with Gasteiger partial charge in [-0.2, -0.15) is 0 Å². The van der Waals surface area contributed by atoms with Crippen molar-refractivity contribution in [2.24, 2.45) is 5.92 Å². The van der Waals surface area contributed by atoms with Gasteiger partial charge in [0.25, 0.3) is 5.56 Å². The van der Waals surface area contributed by atoms with Gasteiger partial charge in [0.2, 0.25) is 0 Å². The molecule has 0 aliphatic rings. The van der Waals surface area contributed by atoms with Crippen LogP contribution < -0.4 is 15.0 Å². The Bertz CT molecular complexity index is 1360. The zero-order valence-corrected chi connectivity index (χ0v) is 18.5. The Labute approximate surface area is 189 Å². The summed E-state index contributed by atoms with van der Waals surface area (Å²) in [4.78, 5) is 37.9. The first-order valence-corrected chi connectivity index (χ1v) is 10.6. The van der Waals surface area contributed by atoms with Crippen LogP contribution in [-0.4, -0.2) is 43.7 Å². The summed E-state index contributed by atoms with van der Waals surface area (Å²) in [5.74, 6) is 0.175. The Morgan fingerprint density at radius 3 is 2.67 bits per heavy atom. The van der Waals surface area contributed by atoms with Crippen molar-refractivity contribution in [1.82, 2.24) is 19.9 Å². The maximum atomic E-state index is 12.3. The van der Waals surface area contributed by atoms with E-state index >= 15 is 0 Å². The number of carboxylic acids is 1. The van der Waals surface area contributed by atoms with Crippen LogP contribution in [0.2, 0.25) is 0 Å². The minimum atomic E-state index is -1.01. The molecule has 4 rings (SSSR count). The van der Waals surface area contributed by atoms with E-state index in [4.69, 9.17) is 9.47 Å². The van der Waals surface area contributed by atoms with Gasteiger partial charge in [-0.3, -0.25) is 4.79 Å². The summed E-state index contributed by atoms with van der Waals surface area (Å²) in [6, 6.07) is 12.8. The van der Waals surface area contributed by atoms with E-state index in [-0.39, 0.29) is 11.5 Å². The second-order valence-corrected chi connectivity index (χ2v) is 7.81. The van der Waals surface area contributed by atoms with E-state index in [9.17, 15) is 14.7 Å². The maximum Gasteiger partial charge on any atom is 0.345 e. The molecule has 2 aromatic heterocycles. The highest BCUT2D eigenvalue weighted by Gasteiger charge is 2.23. The number of H-pyrrole nitrogens is 2. The zero-order chi connectivity index (χ0) is 23.5. The summed E-state index contributed by atoms with van der Waals surface area (Å²) < 4.78 is 11.6. The lowest BCUT2D eigenvalue weighted by Gasteiger charge is -2.19. The van der Waals surface area contributed by atoms with Crippen molar-refractivity contribution < 1.29 is 19.4 Å². The van der Waals surface area contributed by atoms with Gasteiger partial charge in [-0.25, -0.2) is 14.8 Å². The molecule has 0 aliphatic carbocycles. The number of carboxylic acid groups (broad SMARTS) is 1. The Morgan fingerprint density at radius 2 is 1.94 bits per heavy atom. The number of aromatic nitrogens is 4. The summed E-state index contributed by atoms with van der Waals surface area (Å²) in [7, 11) is 0. The van der Waals surface area contributed by atoms with E-state index in [2.05, 4.69) is 19.9 Å². The smallest absolute Gasteiger partial charge is 0.345 e. The minimum Gasteiger partial charge on any atom is -0.493 e. The molecule has 4 aromatic rings. The highest BCUT2D eigenvalue weighted by atomic mass is 16.5. The Kier molecular flexibility index (Phi) is 6.12. The van der Waals surface area contributed by atoms with Crippen LogP contribution in [0.4, 0.5) is 0 Å². The van der Waals surface area contributed by atoms with Crippen LogP contribution in [-0.2, 0) is 4.79 Å². The molecule has 0 saturated heterocycles. The first-order valence-electron chi connectivity index (χ1n) is 10.6. The first kappa shape index (κ1) is 22.1. The molecule has 2 aromatic carbocycles. The van der Waals surface area contributed by atoms with Gasteiger partial charge < -0.3 is 24.5 Å². The molecule has 33 heavy (non-hydrogen) atoms. The molecule has 0 spiro atoms.